The van der Waals surface area contributed by atoms with Gasteiger partial charge in [0.1, 0.15) is 5.75 Å². The molecule has 0 saturated carbocycles. The number of hydrogen-bond donors (Lipinski definition) is 0. The zero-order chi connectivity index (χ0) is 14.1. The average Bonchev–Trinajstić information content (AvgIpc) is 2.46. The maximum absolute atomic E-state index is 6.66. The summed E-state index contributed by atoms with van der Waals surface area (Å²) >= 11 is 10.3. The van der Waals surface area contributed by atoms with Gasteiger partial charge in [0.15, 0.2) is 0 Å². The molecule has 3 heteroatoms. The van der Waals surface area contributed by atoms with Crippen molar-refractivity contribution < 1.29 is 4.74 Å². The van der Waals surface area contributed by atoms with Crippen LogP contribution in [-0.4, -0.2) is 6.61 Å². The minimum Gasteiger partial charge on any atom is -0.493 e. The van der Waals surface area contributed by atoms with E-state index in [1.54, 1.807) is 0 Å². The fourth-order valence-electron chi connectivity index (χ4n) is 2.56. The molecule has 0 aromatic heterocycles. The van der Waals surface area contributed by atoms with Crippen molar-refractivity contribution in [1.29, 1.82) is 0 Å². The van der Waals surface area contributed by atoms with Crippen LogP contribution in [0.3, 0.4) is 0 Å². The number of halogens is 2. The highest BCUT2D eigenvalue weighted by Crippen LogP contribution is 2.36. The Bertz CT molecular complexity index is 639. The smallest absolute Gasteiger partial charge is 0.122 e. The molecule has 1 atom stereocenters. The van der Waals surface area contributed by atoms with Crippen LogP contribution in [0.1, 0.15) is 34.1 Å². The van der Waals surface area contributed by atoms with Crippen molar-refractivity contribution in [2.75, 3.05) is 6.61 Å². The lowest BCUT2D eigenvalue weighted by Crippen LogP contribution is -2.09. The van der Waals surface area contributed by atoms with Gasteiger partial charge in [-0.2, -0.15) is 0 Å². The minimum absolute atomic E-state index is 0.141. The highest BCUT2D eigenvalue weighted by Gasteiger charge is 2.17. The maximum atomic E-state index is 6.66. The number of hydrogen-bond acceptors (Lipinski definition) is 1. The van der Waals surface area contributed by atoms with E-state index in [1.165, 1.54) is 11.1 Å². The molecule has 3 rings (SSSR count). The molecule has 2 aromatic carbocycles. The first-order valence-electron chi connectivity index (χ1n) is 6.81. The van der Waals surface area contributed by atoms with Gasteiger partial charge in [-0.1, -0.05) is 40.2 Å². The molecule has 1 nitrogen and oxygen atoms in total. The summed E-state index contributed by atoms with van der Waals surface area (Å²) in [5.74, 6) is 1.01. The third kappa shape index (κ3) is 2.72. The molecule has 1 unspecified atom stereocenters. The Balaban J connectivity index is 1.95. The molecule has 104 valence electrons. The molecule has 1 aliphatic heterocycles. The average molecular weight is 352 g/mol. The Morgan fingerprint density at radius 3 is 2.85 bits per heavy atom. The van der Waals surface area contributed by atoms with Gasteiger partial charge < -0.3 is 4.74 Å². The van der Waals surface area contributed by atoms with Crippen LogP contribution in [0.5, 0.6) is 5.75 Å². The first kappa shape index (κ1) is 14.0. The van der Waals surface area contributed by atoms with Crippen LogP contribution in [0.4, 0.5) is 0 Å². The quantitative estimate of drug-likeness (QED) is 0.657. The van der Waals surface area contributed by atoms with Crippen LogP contribution in [0.2, 0.25) is 0 Å². The summed E-state index contributed by atoms with van der Waals surface area (Å²) in [6, 6.07) is 12.6. The molecule has 1 aliphatic rings. The van der Waals surface area contributed by atoms with Crippen molar-refractivity contribution in [1.82, 2.24) is 0 Å². The molecule has 0 radical (unpaired) electrons. The highest BCUT2D eigenvalue weighted by atomic mass is 79.9. The summed E-state index contributed by atoms with van der Waals surface area (Å²) < 4.78 is 6.71. The first-order valence-corrected chi connectivity index (χ1v) is 8.04. The van der Waals surface area contributed by atoms with Gasteiger partial charge in [0.25, 0.3) is 0 Å². The number of rotatable bonds is 2. The number of ether oxygens (including phenoxy) is 1. The summed E-state index contributed by atoms with van der Waals surface area (Å²) in [6.07, 6.45) is 2.15. The van der Waals surface area contributed by atoms with Gasteiger partial charge in [-0.3, -0.25) is 0 Å². The molecule has 0 aliphatic carbocycles. The topological polar surface area (TPSA) is 9.23 Å². The lowest BCUT2D eigenvalue weighted by atomic mass is 9.98. The van der Waals surface area contributed by atoms with Crippen molar-refractivity contribution in [3.8, 4) is 5.75 Å². The standard InChI is InChI=1S/C17H16BrClO/c1-11-4-6-14(15(18)9-11)17(19)13-5-7-16-12(10-13)3-2-8-20-16/h4-7,9-10,17H,2-3,8H2,1H3. The van der Waals surface area contributed by atoms with Gasteiger partial charge in [0.2, 0.25) is 0 Å². The Hall–Kier alpha value is -0.990. The van der Waals surface area contributed by atoms with Gasteiger partial charge in [-0.05, 0) is 54.2 Å². The molecule has 0 saturated heterocycles. The molecule has 0 N–H and O–H groups in total. The third-order valence-electron chi connectivity index (χ3n) is 3.65. The Kier molecular flexibility index (Phi) is 4.04. The van der Waals surface area contributed by atoms with Crippen LogP contribution in [0, 0.1) is 6.92 Å². The fourth-order valence-corrected chi connectivity index (χ4v) is 3.74. The zero-order valence-electron chi connectivity index (χ0n) is 11.3. The molecular weight excluding hydrogens is 336 g/mol. The van der Waals surface area contributed by atoms with E-state index in [1.807, 2.05) is 6.07 Å². The van der Waals surface area contributed by atoms with Gasteiger partial charge >= 0.3 is 0 Å². The maximum Gasteiger partial charge on any atom is 0.122 e. The Labute approximate surface area is 133 Å². The van der Waals surface area contributed by atoms with Crippen molar-refractivity contribution >= 4 is 27.5 Å². The molecule has 2 aromatic rings. The van der Waals surface area contributed by atoms with Crippen molar-refractivity contribution in [3.63, 3.8) is 0 Å². The SMILES string of the molecule is Cc1ccc(C(Cl)c2ccc3c(c2)CCCO3)c(Br)c1. The molecule has 0 fully saturated rings. The Morgan fingerprint density at radius 1 is 1.20 bits per heavy atom. The van der Waals surface area contributed by atoms with Gasteiger partial charge in [0, 0.05) is 4.47 Å². The summed E-state index contributed by atoms with van der Waals surface area (Å²) in [7, 11) is 0. The number of fused-ring (bicyclic) bond motifs is 1. The molecule has 0 spiro atoms. The predicted octanol–water partition coefficient (Wildman–Crippen LogP) is 5.41. The molecular formula is C17H16BrClO. The fraction of sp³-hybridized carbons (Fsp3) is 0.294. The van der Waals surface area contributed by atoms with Crippen LogP contribution in [-0.2, 0) is 6.42 Å². The summed E-state index contributed by atoms with van der Waals surface area (Å²) in [6.45, 7) is 2.90. The van der Waals surface area contributed by atoms with E-state index in [0.29, 0.717) is 0 Å². The van der Waals surface area contributed by atoms with Gasteiger partial charge in [-0.15, -0.1) is 11.6 Å². The van der Waals surface area contributed by atoms with Crippen molar-refractivity contribution in [2.24, 2.45) is 0 Å². The normalized spacial score (nSPS) is 15.3. The second-order valence-electron chi connectivity index (χ2n) is 5.21. The van der Waals surface area contributed by atoms with E-state index in [4.69, 9.17) is 16.3 Å². The van der Waals surface area contributed by atoms with E-state index in [9.17, 15) is 0 Å². The summed E-state index contributed by atoms with van der Waals surface area (Å²) in [5, 5.41) is -0.141. The lowest BCUT2D eigenvalue weighted by Gasteiger charge is -2.20. The first-order chi connectivity index (χ1) is 9.65. The Morgan fingerprint density at radius 2 is 2.05 bits per heavy atom. The second kappa shape index (κ2) is 5.79. The number of aryl methyl sites for hydroxylation is 2. The lowest BCUT2D eigenvalue weighted by molar-refractivity contribution is 0.288. The predicted molar refractivity (Wildman–Crippen MR) is 86.8 cm³/mol. The number of benzene rings is 2. The largest absolute Gasteiger partial charge is 0.493 e. The van der Waals surface area contributed by atoms with Crippen LogP contribution in [0.25, 0.3) is 0 Å². The molecule has 0 amide bonds. The van der Waals surface area contributed by atoms with Gasteiger partial charge in [0.05, 0.1) is 12.0 Å². The van der Waals surface area contributed by atoms with Crippen LogP contribution in [0.15, 0.2) is 40.9 Å². The molecule has 0 bridgehead atoms. The van der Waals surface area contributed by atoms with E-state index >= 15 is 0 Å². The van der Waals surface area contributed by atoms with Crippen LogP contribution >= 0.6 is 27.5 Å². The summed E-state index contributed by atoms with van der Waals surface area (Å²) in [4.78, 5) is 0. The van der Waals surface area contributed by atoms with Gasteiger partial charge in [-0.25, -0.2) is 0 Å². The highest BCUT2D eigenvalue weighted by molar-refractivity contribution is 9.10. The van der Waals surface area contributed by atoms with Crippen LogP contribution < -0.4 is 4.74 Å². The second-order valence-corrected chi connectivity index (χ2v) is 6.50. The van der Waals surface area contributed by atoms with E-state index in [-0.39, 0.29) is 5.38 Å². The zero-order valence-corrected chi connectivity index (χ0v) is 13.7. The van der Waals surface area contributed by atoms with E-state index < -0.39 is 0 Å². The van der Waals surface area contributed by atoms with E-state index in [0.717, 1.165) is 40.8 Å². The summed E-state index contributed by atoms with van der Waals surface area (Å²) in [5.41, 5.74) is 4.72. The third-order valence-corrected chi connectivity index (χ3v) is 4.83. The molecule has 20 heavy (non-hydrogen) atoms. The number of alkyl halides is 1. The molecule has 1 heterocycles. The monoisotopic (exact) mass is 350 g/mol. The van der Waals surface area contributed by atoms with E-state index in [2.05, 4.69) is 53.2 Å². The van der Waals surface area contributed by atoms with Crippen molar-refractivity contribution in [3.05, 3.63) is 63.1 Å². The van der Waals surface area contributed by atoms with Crippen molar-refractivity contribution in [2.45, 2.75) is 25.1 Å². The minimum atomic E-state index is -0.141.